The second-order valence-electron chi connectivity index (χ2n) is 4.77. The second kappa shape index (κ2) is 4.70. The number of nitrogens with one attached hydrogen (secondary N) is 3. The lowest BCUT2D eigenvalue weighted by Gasteiger charge is -2.27. The molecule has 0 saturated carbocycles. The van der Waals surface area contributed by atoms with Crippen molar-refractivity contribution in [2.45, 2.75) is 31.8 Å². The summed E-state index contributed by atoms with van der Waals surface area (Å²) < 4.78 is 0. The van der Waals surface area contributed by atoms with Crippen molar-refractivity contribution in [3.8, 4) is 0 Å². The van der Waals surface area contributed by atoms with Gasteiger partial charge in [0.2, 0.25) is 11.2 Å². The fraction of sp³-hybridized carbons (Fsp3) is 0.417. The maximum atomic E-state index is 11.9. The van der Waals surface area contributed by atoms with E-state index in [2.05, 4.69) is 25.6 Å². The minimum absolute atomic E-state index is 0.00262. The normalized spacial score (nSPS) is 23.4. The number of carbonyl (C=O) groups excluding carboxylic acids is 1. The van der Waals surface area contributed by atoms with Gasteiger partial charge in [-0.1, -0.05) is 0 Å². The molecule has 7 heteroatoms. The highest BCUT2D eigenvalue weighted by atomic mass is 35.5. The first-order chi connectivity index (χ1) is 9.13. The molecule has 1 aliphatic heterocycles. The maximum absolute atomic E-state index is 11.9. The zero-order valence-electron chi connectivity index (χ0n) is 10.4. The standard InChI is InChI=1S/C12H14ClN5O/c1-6-2-3-8(11(19)15-6)16-10-7-4-5-14-9(7)17-12(13)18-10/h4-6,8H,2-3H2,1H3,(H,15,19)(H2,14,16,17,18). The molecule has 100 valence electrons. The second-order valence-corrected chi connectivity index (χ2v) is 5.10. The Kier molecular flexibility index (Phi) is 3.02. The molecule has 1 amide bonds. The number of halogens is 1. The van der Waals surface area contributed by atoms with Crippen molar-refractivity contribution < 1.29 is 4.79 Å². The Morgan fingerprint density at radius 2 is 2.26 bits per heavy atom. The zero-order chi connectivity index (χ0) is 13.4. The predicted molar refractivity (Wildman–Crippen MR) is 73.1 cm³/mol. The van der Waals surface area contributed by atoms with E-state index in [1.807, 2.05) is 13.0 Å². The molecule has 2 aromatic heterocycles. The van der Waals surface area contributed by atoms with Crippen molar-refractivity contribution in [3.05, 3.63) is 17.5 Å². The lowest BCUT2D eigenvalue weighted by atomic mass is 10.0. The molecular weight excluding hydrogens is 266 g/mol. The molecule has 3 N–H and O–H groups in total. The highest BCUT2D eigenvalue weighted by Crippen LogP contribution is 2.23. The largest absolute Gasteiger partial charge is 0.358 e. The van der Waals surface area contributed by atoms with Crippen LogP contribution in [0.25, 0.3) is 11.0 Å². The van der Waals surface area contributed by atoms with E-state index in [-0.39, 0.29) is 23.3 Å². The van der Waals surface area contributed by atoms with E-state index in [4.69, 9.17) is 11.6 Å². The number of fused-ring (bicyclic) bond motifs is 1. The van der Waals surface area contributed by atoms with Crippen LogP contribution in [0, 0.1) is 0 Å². The van der Waals surface area contributed by atoms with Crippen molar-refractivity contribution in [3.63, 3.8) is 0 Å². The minimum atomic E-state index is -0.278. The van der Waals surface area contributed by atoms with Crippen LogP contribution in [0.3, 0.4) is 0 Å². The fourth-order valence-electron chi connectivity index (χ4n) is 2.29. The van der Waals surface area contributed by atoms with Crippen LogP contribution in [0.1, 0.15) is 19.8 Å². The van der Waals surface area contributed by atoms with Gasteiger partial charge in [-0.3, -0.25) is 4.79 Å². The fourth-order valence-corrected chi connectivity index (χ4v) is 2.46. The van der Waals surface area contributed by atoms with Crippen molar-refractivity contribution in [2.24, 2.45) is 0 Å². The van der Waals surface area contributed by atoms with Crippen LogP contribution < -0.4 is 10.6 Å². The zero-order valence-corrected chi connectivity index (χ0v) is 11.2. The Morgan fingerprint density at radius 3 is 3.05 bits per heavy atom. The first kappa shape index (κ1) is 12.2. The van der Waals surface area contributed by atoms with Gasteiger partial charge >= 0.3 is 0 Å². The average molecular weight is 280 g/mol. The number of amides is 1. The molecule has 3 heterocycles. The van der Waals surface area contributed by atoms with Gasteiger partial charge in [0.05, 0.1) is 5.39 Å². The molecule has 1 saturated heterocycles. The maximum Gasteiger partial charge on any atom is 0.242 e. The first-order valence-corrected chi connectivity index (χ1v) is 6.59. The Hall–Kier alpha value is -1.82. The third-order valence-corrected chi connectivity index (χ3v) is 3.46. The number of piperidine rings is 1. The molecule has 6 nitrogen and oxygen atoms in total. The Bertz CT molecular complexity index is 626. The van der Waals surface area contributed by atoms with Crippen LogP contribution in [0.5, 0.6) is 0 Å². The summed E-state index contributed by atoms with van der Waals surface area (Å²) in [6.45, 7) is 2.00. The molecule has 2 unspecified atom stereocenters. The summed E-state index contributed by atoms with van der Waals surface area (Å²) in [4.78, 5) is 23.1. The molecule has 2 aromatic rings. The molecule has 0 radical (unpaired) electrons. The third-order valence-electron chi connectivity index (χ3n) is 3.29. The van der Waals surface area contributed by atoms with Gasteiger partial charge in [0.15, 0.2) is 0 Å². The van der Waals surface area contributed by atoms with E-state index in [1.54, 1.807) is 6.20 Å². The van der Waals surface area contributed by atoms with Crippen molar-refractivity contribution in [2.75, 3.05) is 5.32 Å². The van der Waals surface area contributed by atoms with Crippen molar-refractivity contribution in [1.82, 2.24) is 20.3 Å². The number of carbonyl (C=O) groups is 1. The van der Waals surface area contributed by atoms with E-state index in [0.717, 1.165) is 18.2 Å². The summed E-state index contributed by atoms with van der Waals surface area (Å²) in [5, 5.41) is 7.06. The summed E-state index contributed by atoms with van der Waals surface area (Å²) in [6.07, 6.45) is 3.49. The van der Waals surface area contributed by atoms with Crippen molar-refractivity contribution in [1.29, 1.82) is 0 Å². The summed E-state index contributed by atoms with van der Waals surface area (Å²) in [7, 11) is 0. The summed E-state index contributed by atoms with van der Waals surface area (Å²) in [5.74, 6) is 0.586. The summed E-state index contributed by atoms with van der Waals surface area (Å²) >= 11 is 5.88. The lowest BCUT2D eigenvalue weighted by Crippen LogP contribution is -2.48. The van der Waals surface area contributed by atoms with Crippen LogP contribution in [0.2, 0.25) is 5.28 Å². The number of rotatable bonds is 2. The molecule has 2 atom stereocenters. The monoisotopic (exact) mass is 279 g/mol. The van der Waals surface area contributed by atoms with Gasteiger partial charge in [0.25, 0.3) is 0 Å². The molecule has 0 aliphatic carbocycles. The molecule has 1 fully saturated rings. The smallest absolute Gasteiger partial charge is 0.242 e. The van der Waals surface area contributed by atoms with Gasteiger partial charge < -0.3 is 15.6 Å². The van der Waals surface area contributed by atoms with Crippen LogP contribution in [-0.4, -0.2) is 32.9 Å². The average Bonchev–Trinajstić information content (AvgIpc) is 2.80. The molecule has 0 bridgehead atoms. The van der Waals surface area contributed by atoms with Gasteiger partial charge in [0, 0.05) is 12.2 Å². The van der Waals surface area contributed by atoms with Crippen molar-refractivity contribution >= 4 is 34.4 Å². The molecule has 1 aliphatic rings. The predicted octanol–water partition coefficient (Wildman–Crippen LogP) is 1.69. The molecule has 3 rings (SSSR count). The molecule has 0 spiro atoms. The molecule has 0 aromatic carbocycles. The number of aromatic nitrogens is 3. The third kappa shape index (κ3) is 2.35. The van der Waals surface area contributed by atoms with E-state index in [1.165, 1.54) is 0 Å². The Labute approximate surface area is 115 Å². The van der Waals surface area contributed by atoms with Crippen LogP contribution in [0.15, 0.2) is 12.3 Å². The van der Waals surface area contributed by atoms with Crippen LogP contribution in [-0.2, 0) is 4.79 Å². The highest BCUT2D eigenvalue weighted by Gasteiger charge is 2.26. The number of hydrogen-bond acceptors (Lipinski definition) is 4. The summed E-state index contributed by atoms with van der Waals surface area (Å²) in [6, 6.07) is 1.81. The number of H-pyrrole nitrogens is 1. The van der Waals surface area contributed by atoms with E-state index < -0.39 is 0 Å². The van der Waals surface area contributed by atoms with Gasteiger partial charge in [-0.05, 0) is 37.4 Å². The number of hydrogen-bond donors (Lipinski definition) is 3. The Balaban J connectivity index is 1.89. The van der Waals surface area contributed by atoms with E-state index >= 15 is 0 Å². The van der Waals surface area contributed by atoms with Gasteiger partial charge in [-0.15, -0.1) is 0 Å². The first-order valence-electron chi connectivity index (χ1n) is 6.21. The van der Waals surface area contributed by atoms with Gasteiger partial charge in [-0.2, -0.15) is 4.98 Å². The van der Waals surface area contributed by atoms with Gasteiger partial charge in [-0.25, -0.2) is 4.98 Å². The minimum Gasteiger partial charge on any atom is -0.358 e. The molecular formula is C12H14ClN5O. The van der Waals surface area contributed by atoms with E-state index in [0.29, 0.717) is 11.5 Å². The Morgan fingerprint density at radius 1 is 1.42 bits per heavy atom. The van der Waals surface area contributed by atoms with Crippen LogP contribution >= 0.6 is 11.6 Å². The topological polar surface area (TPSA) is 82.7 Å². The molecule has 19 heavy (non-hydrogen) atoms. The number of nitrogens with zero attached hydrogens (tertiary/aromatic N) is 2. The lowest BCUT2D eigenvalue weighted by molar-refractivity contribution is -0.123. The highest BCUT2D eigenvalue weighted by molar-refractivity contribution is 6.28. The van der Waals surface area contributed by atoms with Crippen LogP contribution in [0.4, 0.5) is 5.82 Å². The number of anilines is 1. The quantitative estimate of drug-likeness (QED) is 0.731. The van der Waals surface area contributed by atoms with E-state index in [9.17, 15) is 4.79 Å². The summed E-state index contributed by atoms with van der Waals surface area (Å²) in [5.41, 5.74) is 0.659. The SMILES string of the molecule is CC1CCC(Nc2nc(Cl)nc3[nH]ccc23)C(=O)N1. The number of aromatic amines is 1. The van der Waals surface area contributed by atoms with Gasteiger partial charge in [0.1, 0.15) is 17.5 Å².